The summed E-state index contributed by atoms with van der Waals surface area (Å²) in [5.74, 6) is 1.19. The molecule has 0 radical (unpaired) electrons. The number of ether oxygens (including phenoxy) is 1. The van der Waals surface area contributed by atoms with Crippen LogP contribution in [0.1, 0.15) is 74.0 Å². The number of esters is 1. The lowest BCUT2D eigenvalue weighted by Crippen LogP contribution is -2.40. The molecule has 2 heterocycles. The molecule has 0 spiro atoms. The largest absolute Gasteiger partial charge is 0.461 e. The number of rotatable bonds is 7. The first-order valence-electron chi connectivity index (χ1n) is 12.8. The van der Waals surface area contributed by atoms with Gasteiger partial charge in [0.15, 0.2) is 5.78 Å². The number of carbonyl (C=O) groups excluding carboxylic acids is 3. The number of carbonyl (C=O) groups is 3. The SMILES string of the molecule is CCOC(=O)c1[nH]c2ccc(CC(=O)[C@H]3NCC[C@H]3C3CCCCC3)cc2c1CC.O=CC(F)(F)F. The van der Waals surface area contributed by atoms with Crippen LogP contribution in [0.15, 0.2) is 18.2 Å². The summed E-state index contributed by atoms with van der Waals surface area (Å²) >= 11 is 0. The second-order valence-corrected chi connectivity index (χ2v) is 9.52. The fourth-order valence-electron chi connectivity index (χ4n) is 5.61. The molecule has 1 aromatic carbocycles. The molecule has 2 N–H and O–H groups in total. The molecule has 6 nitrogen and oxygen atoms in total. The first kappa shape index (κ1) is 27.9. The number of nitrogens with one attached hydrogen (secondary N) is 2. The van der Waals surface area contributed by atoms with Crippen LogP contribution in [0.3, 0.4) is 0 Å². The Bertz CT molecular complexity index is 1060. The van der Waals surface area contributed by atoms with Crippen molar-refractivity contribution in [3.05, 3.63) is 35.0 Å². The van der Waals surface area contributed by atoms with Crippen molar-refractivity contribution in [2.75, 3.05) is 13.2 Å². The Morgan fingerprint density at radius 1 is 1.11 bits per heavy atom. The minimum absolute atomic E-state index is 0.00393. The lowest BCUT2D eigenvalue weighted by molar-refractivity contribution is -0.156. The van der Waals surface area contributed by atoms with Gasteiger partial charge >= 0.3 is 12.1 Å². The third-order valence-corrected chi connectivity index (χ3v) is 7.19. The van der Waals surface area contributed by atoms with Crippen LogP contribution in [-0.2, 0) is 27.2 Å². The van der Waals surface area contributed by atoms with E-state index in [1.807, 2.05) is 26.0 Å². The molecule has 1 aliphatic carbocycles. The van der Waals surface area contributed by atoms with E-state index >= 15 is 0 Å². The number of Topliss-reactive ketones (excluding diaryl/α,β-unsaturated/α-hetero) is 1. The molecule has 2 fully saturated rings. The number of aldehydes is 1. The quantitative estimate of drug-likeness (QED) is 0.390. The van der Waals surface area contributed by atoms with Crippen molar-refractivity contribution in [3.63, 3.8) is 0 Å². The van der Waals surface area contributed by atoms with Gasteiger partial charge in [-0.25, -0.2) is 4.79 Å². The third-order valence-electron chi connectivity index (χ3n) is 7.19. The maximum Gasteiger partial charge on any atom is 0.446 e. The zero-order chi connectivity index (χ0) is 26.3. The van der Waals surface area contributed by atoms with E-state index < -0.39 is 12.5 Å². The summed E-state index contributed by atoms with van der Waals surface area (Å²) in [7, 11) is 0. The smallest absolute Gasteiger partial charge is 0.446 e. The van der Waals surface area contributed by atoms with Crippen molar-refractivity contribution in [2.24, 2.45) is 11.8 Å². The summed E-state index contributed by atoms with van der Waals surface area (Å²) in [6.07, 6.45) is 3.14. The Labute approximate surface area is 209 Å². The average Bonchev–Trinajstić information content (AvgIpc) is 3.49. The van der Waals surface area contributed by atoms with Gasteiger partial charge in [0, 0.05) is 17.3 Å². The molecule has 1 saturated carbocycles. The Morgan fingerprint density at radius 2 is 1.81 bits per heavy atom. The van der Waals surface area contributed by atoms with E-state index in [0.29, 0.717) is 36.3 Å². The molecule has 36 heavy (non-hydrogen) atoms. The monoisotopic (exact) mass is 508 g/mol. The number of aromatic nitrogens is 1. The normalized spacial score (nSPS) is 20.6. The number of ketones is 1. The molecule has 2 aliphatic rings. The first-order valence-corrected chi connectivity index (χ1v) is 12.8. The molecule has 0 unspecified atom stereocenters. The van der Waals surface area contributed by atoms with Crippen LogP contribution >= 0.6 is 0 Å². The molecule has 198 valence electrons. The van der Waals surface area contributed by atoms with Gasteiger partial charge in [0.1, 0.15) is 5.69 Å². The third kappa shape index (κ3) is 6.96. The van der Waals surface area contributed by atoms with Crippen molar-refractivity contribution in [2.45, 2.75) is 77.4 Å². The second-order valence-electron chi connectivity index (χ2n) is 9.52. The standard InChI is InChI=1S/C25H34N2O3.C2HF3O/c1-3-18-20-14-16(10-11-21(20)27-24(18)25(29)30-4-2)15-22(28)23-19(12-13-26-23)17-8-6-5-7-9-17;3-2(4,5)1-6/h10-11,14,17,19,23,26-27H,3-9,12-13,15H2,1-2H3;1H/t19-,23-;/m0./s1. The van der Waals surface area contributed by atoms with E-state index in [9.17, 15) is 22.8 Å². The predicted octanol–water partition coefficient (Wildman–Crippen LogP) is 5.32. The van der Waals surface area contributed by atoms with E-state index in [4.69, 9.17) is 9.53 Å². The number of fused-ring (bicyclic) bond motifs is 1. The summed E-state index contributed by atoms with van der Waals surface area (Å²) in [4.78, 5) is 37.4. The van der Waals surface area contributed by atoms with Crippen molar-refractivity contribution in [1.82, 2.24) is 10.3 Å². The number of aryl methyl sites for hydroxylation is 1. The molecule has 1 aliphatic heterocycles. The van der Waals surface area contributed by atoms with Crippen LogP contribution < -0.4 is 5.32 Å². The molecular weight excluding hydrogens is 473 g/mol. The summed E-state index contributed by atoms with van der Waals surface area (Å²) in [6, 6.07) is 6.07. The highest BCUT2D eigenvalue weighted by Crippen LogP contribution is 2.36. The zero-order valence-electron chi connectivity index (χ0n) is 20.9. The van der Waals surface area contributed by atoms with Crippen LogP contribution in [0.25, 0.3) is 10.9 Å². The Balaban J connectivity index is 0.000000538. The average molecular weight is 509 g/mol. The minimum Gasteiger partial charge on any atom is -0.461 e. The van der Waals surface area contributed by atoms with Gasteiger partial charge in [-0.1, -0.05) is 45.1 Å². The van der Waals surface area contributed by atoms with Crippen LogP contribution in [0.2, 0.25) is 0 Å². The second kappa shape index (κ2) is 12.5. The molecule has 2 aromatic rings. The summed E-state index contributed by atoms with van der Waals surface area (Å²) in [5, 5.41) is 4.52. The number of hydrogen-bond donors (Lipinski definition) is 2. The number of alkyl halides is 3. The topological polar surface area (TPSA) is 88.3 Å². The lowest BCUT2D eigenvalue weighted by atomic mass is 9.75. The molecule has 2 atom stereocenters. The van der Waals surface area contributed by atoms with Crippen molar-refractivity contribution >= 4 is 28.9 Å². The number of hydrogen-bond acceptors (Lipinski definition) is 5. The molecule has 9 heteroatoms. The van der Waals surface area contributed by atoms with Crippen LogP contribution in [-0.4, -0.2) is 48.4 Å². The fourth-order valence-corrected chi connectivity index (χ4v) is 5.61. The Kier molecular flexibility index (Phi) is 9.70. The van der Waals surface area contributed by atoms with Crippen molar-refractivity contribution in [3.8, 4) is 0 Å². The number of halogens is 3. The van der Waals surface area contributed by atoms with Crippen molar-refractivity contribution in [1.29, 1.82) is 0 Å². The highest BCUT2D eigenvalue weighted by Gasteiger charge is 2.37. The molecule has 0 amide bonds. The Hall–Kier alpha value is -2.68. The van der Waals surface area contributed by atoms with E-state index in [1.165, 1.54) is 32.1 Å². The first-order chi connectivity index (χ1) is 17.2. The van der Waals surface area contributed by atoms with E-state index in [-0.39, 0.29) is 12.0 Å². The number of H-pyrrole nitrogens is 1. The summed E-state index contributed by atoms with van der Waals surface area (Å²) in [6.45, 7) is 5.17. The number of benzene rings is 1. The highest BCUT2D eigenvalue weighted by atomic mass is 19.4. The molecular formula is C27H35F3N2O4. The summed E-state index contributed by atoms with van der Waals surface area (Å²) < 4.78 is 36.4. The van der Waals surface area contributed by atoms with Gasteiger partial charge in [-0.3, -0.25) is 9.59 Å². The number of aromatic amines is 1. The highest BCUT2D eigenvalue weighted by molar-refractivity contribution is 5.99. The Morgan fingerprint density at radius 3 is 2.42 bits per heavy atom. The molecule has 1 saturated heterocycles. The van der Waals surface area contributed by atoms with Crippen molar-refractivity contribution < 1.29 is 32.3 Å². The molecule has 0 bridgehead atoms. The van der Waals surface area contributed by atoms with Gasteiger partial charge in [-0.2, -0.15) is 13.2 Å². The maximum atomic E-state index is 13.2. The molecule has 4 rings (SSSR count). The van der Waals surface area contributed by atoms with Gasteiger partial charge in [-0.05, 0) is 61.4 Å². The van der Waals surface area contributed by atoms with E-state index in [0.717, 1.165) is 41.4 Å². The van der Waals surface area contributed by atoms with Gasteiger partial charge in [0.25, 0.3) is 0 Å². The van der Waals surface area contributed by atoms with E-state index in [1.54, 1.807) is 0 Å². The van der Waals surface area contributed by atoms with Gasteiger partial charge < -0.3 is 15.0 Å². The lowest BCUT2D eigenvalue weighted by Gasteiger charge is -2.30. The predicted molar refractivity (Wildman–Crippen MR) is 131 cm³/mol. The minimum atomic E-state index is -4.64. The van der Waals surface area contributed by atoms with Crippen LogP contribution in [0, 0.1) is 11.8 Å². The van der Waals surface area contributed by atoms with E-state index in [2.05, 4.69) is 16.4 Å². The summed E-state index contributed by atoms with van der Waals surface area (Å²) in [5.41, 5.74) is 3.45. The zero-order valence-corrected chi connectivity index (χ0v) is 20.9. The van der Waals surface area contributed by atoms with Crippen LogP contribution in [0.4, 0.5) is 13.2 Å². The fraction of sp³-hybridized carbons (Fsp3) is 0.593. The van der Waals surface area contributed by atoms with Gasteiger partial charge in [-0.15, -0.1) is 0 Å². The molecule has 1 aromatic heterocycles. The van der Waals surface area contributed by atoms with Gasteiger partial charge in [0.2, 0.25) is 6.29 Å². The van der Waals surface area contributed by atoms with Crippen LogP contribution in [0.5, 0.6) is 0 Å². The van der Waals surface area contributed by atoms with Gasteiger partial charge in [0.05, 0.1) is 12.6 Å². The maximum absolute atomic E-state index is 13.2.